The Hall–Kier alpha value is -1.87. The second-order valence-electron chi connectivity index (χ2n) is 5.00. The van der Waals surface area contributed by atoms with Gasteiger partial charge in [-0.15, -0.1) is 0 Å². The van der Waals surface area contributed by atoms with Crippen molar-refractivity contribution in [2.75, 3.05) is 0 Å². The van der Waals surface area contributed by atoms with Gasteiger partial charge in [0.05, 0.1) is 27.1 Å². The summed E-state index contributed by atoms with van der Waals surface area (Å²) in [7, 11) is 0. The lowest BCUT2D eigenvalue weighted by Gasteiger charge is -2.08. The minimum absolute atomic E-state index is 0.0331. The van der Waals surface area contributed by atoms with Crippen molar-refractivity contribution in [1.29, 1.82) is 0 Å². The second-order valence-corrected chi connectivity index (χ2v) is 6.71. The second kappa shape index (κ2) is 8.01. The molecule has 0 fully saturated rings. The van der Waals surface area contributed by atoms with E-state index in [9.17, 15) is 23.1 Å². The Bertz CT molecular complexity index is 800. The number of nitrogens with zero attached hydrogens (tertiary/aromatic N) is 1. The Balaban J connectivity index is 1.99. The van der Waals surface area contributed by atoms with Gasteiger partial charge < -0.3 is 5.11 Å². The van der Waals surface area contributed by atoms with Gasteiger partial charge in [-0.05, 0) is 61.2 Å². The van der Waals surface area contributed by atoms with Crippen molar-refractivity contribution in [3.8, 4) is 5.75 Å². The van der Waals surface area contributed by atoms with Gasteiger partial charge in [0, 0.05) is 0 Å². The van der Waals surface area contributed by atoms with Crippen LogP contribution in [0.15, 0.2) is 50.4 Å². The maximum atomic E-state index is 12.6. The van der Waals surface area contributed by atoms with Crippen molar-refractivity contribution < 1.29 is 23.1 Å². The molecule has 0 aliphatic rings. The highest BCUT2D eigenvalue weighted by molar-refractivity contribution is 9.11. The molecule has 2 rings (SSSR count). The van der Waals surface area contributed by atoms with E-state index in [1.165, 1.54) is 18.3 Å². The van der Waals surface area contributed by atoms with Crippen molar-refractivity contribution in [2.24, 2.45) is 5.10 Å². The molecule has 0 saturated carbocycles. The van der Waals surface area contributed by atoms with Gasteiger partial charge in [0.15, 0.2) is 0 Å². The molecule has 0 saturated heterocycles. The number of nitrogens with one attached hydrogen (secondary N) is 1. The third kappa shape index (κ3) is 5.57. The zero-order valence-corrected chi connectivity index (χ0v) is 15.6. The Morgan fingerprint density at radius 2 is 1.84 bits per heavy atom. The maximum absolute atomic E-state index is 12.6. The van der Waals surface area contributed by atoms with Gasteiger partial charge in [-0.1, -0.05) is 18.2 Å². The van der Waals surface area contributed by atoms with Crippen LogP contribution < -0.4 is 5.43 Å². The number of aromatic hydroxyl groups is 1. The smallest absolute Gasteiger partial charge is 0.416 e. The molecule has 0 unspecified atom stereocenters. The fourth-order valence-corrected chi connectivity index (χ4v) is 3.14. The van der Waals surface area contributed by atoms with E-state index in [1.54, 1.807) is 12.1 Å². The first kappa shape index (κ1) is 19.5. The van der Waals surface area contributed by atoms with Crippen LogP contribution in [0.2, 0.25) is 0 Å². The summed E-state index contributed by atoms with van der Waals surface area (Å²) in [5.41, 5.74) is 2.27. The first-order chi connectivity index (χ1) is 11.7. The molecule has 0 aliphatic carbocycles. The van der Waals surface area contributed by atoms with Gasteiger partial charge in [-0.3, -0.25) is 4.79 Å². The van der Waals surface area contributed by atoms with Gasteiger partial charge in [-0.2, -0.15) is 18.3 Å². The van der Waals surface area contributed by atoms with E-state index in [4.69, 9.17) is 0 Å². The van der Waals surface area contributed by atoms with E-state index in [0.717, 1.165) is 12.1 Å². The Kier molecular flexibility index (Phi) is 6.23. The van der Waals surface area contributed by atoms with E-state index in [0.29, 0.717) is 14.5 Å². The highest BCUT2D eigenvalue weighted by atomic mass is 79.9. The predicted molar refractivity (Wildman–Crippen MR) is 94.4 cm³/mol. The fourth-order valence-electron chi connectivity index (χ4n) is 1.92. The molecule has 0 atom stereocenters. The van der Waals surface area contributed by atoms with Crippen LogP contribution in [0.1, 0.15) is 16.7 Å². The van der Waals surface area contributed by atoms with Crippen LogP contribution >= 0.6 is 31.9 Å². The minimum atomic E-state index is -4.45. The molecule has 9 heteroatoms. The van der Waals surface area contributed by atoms with Crippen LogP contribution in [0.4, 0.5) is 13.2 Å². The zero-order chi connectivity index (χ0) is 18.6. The van der Waals surface area contributed by atoms with E-state index >= 15 is 0 Å². The van der Waals surface area contributed by atoms with Gasteiger partial charge in [0.25, 0.3) is 0 Å². The number of hydrogen-bond acceptors (Lipinski definition) is 3. The monoisotopic (exact) mass is 478 g/mol. The largest absolute Gasteiger partial charge is 0.506 e. The average Bonchev–Trinajstić information content (AvgIpc) is 2.52. The maximum Gasteiger partial charge on any atom is 0.416 e. The molecule has 25 heavy (non-hydrogen) atoms. The van der Waals surface area contributed by atoms with E-state index in [-0.39, 0.29) is 17.7 Å². The summed E-state index contributed by atoms with van der Waals surface area (Å²) in [6, 6.07) is 7.73. The lowest BCUT2D eigenvalue weighted by molar-refractivity contribution is -0.137. The molecule has 132 valence electrons. The van der Waals surface area contributed by atoms with Crippen molar-refractivity contribution >= 4 is 44.0 Å². The van der Waals surface area contributed by atoms with Crippen molar-refractivity contribution in [3.63, 3.8) is 0 Å². The van der Waals surface area contributed by atoms with E-state index in [2.05, 4.69) is 42.4 Å². The normalized spacial score (nSPS) is 11.7. The number of phenolic OH excluding ortho intramolecular Hbond substituents is 1. The van der Waals surface area contributed by atoms with Crippen LogP contribution in [0.25, 0.3) is 0 Å². The molecule has 2 aromatic carbocycles. The summed E-state index contributed by atoms with van der Waals surface area (Å²) in [5.74, 6) is -0.516. The zero-order valence-electron chi connectivity index (χ0n) is 12.4. The highest BCUT2D eigenvalue weighted by Crippen LogP contribution is 2.33. The molecule has 4 nitrogen and oxygen atoms in total. The topological polar surface area (TPSA) is 61.7 Å². The number of hydrogen-bond donors (Lipinski definition) is 2. The number of halogens is 5. The van der Waals surface area contributed by atoms with E-state index in [1.807, 2.05) is 0 Å². The van der Waals surface area contributed by atoms with Gasteiger partial charge in [0.2, 0.25) is 5.91 Å². The first-order valence-corrected chi connectivity index (χ1v) is 8.41. The Morgan fingerprint density at radius 1 is 1.20 bits per heavy atom. The molecule has 0 bridgehead atoms. The average molecular weight is 480 g/mol. The molecule has 0 spiro atoms. The first-order valence-electron chi connectivity index (χ1n) is 6.83. The summed E-state index contributed by atoms with van der Waals surface area (Å²) < 4.78 is 38.8. The van der Waals surface area contributed by atoms with Crippen molar-refractivity contribution in [3.05, 3.63) is 62.0 Å². The van der Waals surface area contributed by atoms with Crippen molar-refractivity contribution in [1.82, 2.24) is 5.43 Å². The number of phenols is 1. The molecular weight excluding hydrogens is 469 g/mol. The van der Waals surface area contributed by atoms with Gasteiger partial charge in [-0.25, -0.2) is 5.43 Å². The summed E-state index contributed by atoms with van der Waals surface area (Å²) in [6.07, 6.45) is -3.34. The van der Waals surface area contributed by atoms with Gasteiger partial charge in [0.1, 0.15) is 5.75 Å². The predicted octanol–water partition coefficient (Wildman–Crippen LogP) is 4.63. The third-order valence-corrected chi connectivity index (χ3v) is 4.27. The molecule has 0 radical (unpaired) electrons. The van der Waals surface area contributed by atoms with Crippen LogP contribution in [0, 0.1) is 0 Å². The molecule has 0 aromatic heterocycles. The third-order valence-electron chi connectivity index (χ3n) is 3.06. The molecule has 2 N–H and O–H groups in total. The number of alkyl halides is 3. The number of carbonyl (C=O) groups excluding carboxylic acids is 1. The summed E-state index contributed by atoms with van der Waals surface area (Å²) in [6.45, 7) is 0. The molecule has 1 amide bonds. The summed E-state index contributed by atoms with van der Waals surface area (Å²) >= 11 is 6.33. The number of benzene rings is 2. The summed E-state index contributed by atoms with van der Waals surface area (Å²) in [5, 5.41) is 13.4. The number of carbonyl (C=O) groups is 1. The van der Waals surface area contributed by atoms with Gasteiger partial charge >= 0.3 is 6.18 Å². The van der Waals surface area contributed by atoms with Crippen LogP contribution in [0.5, 0.6) is 5.75 Å². The Morgan fingerprint density at radius 3 is 2.44 bits per heavy atom. The number of hydrazone groups is 1. The molecule has 0 aliphatic heterocycles. The molecular formula is C16H11Br2F3N2O2. The molecule has 2 aromatic rings. The quantitative estimate of drug-likeness (QED) is 0.496. The van der Waals surface area contributed by atoms with Crippen LogP contribution in [-0.4, -0.2) is 17.2 Å². The minimum Gasteiger partial charge on any atom is -0.506 e. The lowest BCUT2D eigenvalue weighted by Crippen LogP contribution is -2.20. The summed E-state index contributed by atoms with van der Waals surface area (Å²) in [4.78, 5) is 11.8. The number of amides is 1. The van der Waals surface area contributed by atoms with Crippen LogP contribution in [-0.2, 0) is 17.4 Å². The standard InChI is InChI=1S/C16H11Br2F3N2O2/c17-12-5-10(6-13(18)15(12)25)8-22-23-14(24)7-9-2-1-3-11(4-9)16(19,20)21/h1-6,8,25H,7H2,(H,23,24)/b22-8-. The highest BCUT2D eigenvalue weighted by Gasteiger charge is 2.30. The fraction of sp³-hybridized carbons (Fsp3) is 0.125. The SMILES string of the molecule is O=C(Cc1cccc(C(F)(F)F)c1)N/N=C\c1cc(Br)c(O)c(Br)c1. The molecule has 0 heterocycles. The Labute approximate surface area is 158 Å². The number of rotatable bonds is 4. The van der Waals surface area contributed by atoms with Crippen molar-refractivity contribution in [2.45, 2.75) is 12.6 Å². The lowest BCUT2D eigenvalue weighted by atomic mass is 10.1. The van der Waals surface area contributed by atoms with E-state index < -0.39 is 17.6 Å². The van der Waals surface area contributed by atoms with Crippen LogP contribution in [0.3, 0.4) is 0 Å².